The summed E-state index contributed by atoms with van der Waals surface area (Å²) in [6.45, 7) is 0. The average Bonchev–Trinajstić information content (AvgIpc) is 3.05. The maximum Gasteiger partial charge on any atom is 0.146 e. The Morgan fingerprint density at radius 3 is 2.94 bits per heavy atom. The number of hydrogen-bond acceptors (Lipinski definition) is 2. The molecule has 0 aromatic carbocycles. The Morgan fingerprint density at radius 2 is 2.29 bits per heavy atom. The van der Waals surface area contributed by atoms with Gasteiger partial charge in [0.05, 0.1) is 11.8 Å². The number of nitrogens with zero attached hydrogens (tertiary/aromatic N) is 3. The van der Waals surface area contributed by atoms with Crippen molar-refractivity contribution in [2.45, 2.75) is 25.3 Å². The summed E-state index contributed by atoms with van der Waals surface area (Å²) in [7, 11) is 0. The second-order valence-corrected chi connectivity index (χ2v) is 5.65. The first kappa shape index (κ1) is 11.3. The zero-order chi connectivity index (χ0) is 12.0. The lowest BCUT2D eigenvalue weighted by atomic mass is 10.3. The van der Waals surface area contributed by atoms with Crippen molar-refractivity contribution in [2.24, 2.45) is 0 Å². The van der Waals surface area contributed by atoms with Gasteiger partial charge in [-0.1, -0.05) is 17.5 Å². The van der Waals surface area contributed by atoms with E-state index in [2.05, 4.69) is 49.2 Å². The molecule has 0 radical (unpaired) electrons. The highest BCUT2D eigenvalue weighted by atomic mass is 127. The van der Waals surface area contributed by atoms with E-state index in [0.29, 0.717) is 23.4 Å². The van der Waals surface area contributed by atoms with Crippen molar-refractivity contribution in [2.75, 3.05) is 0 Å². The molecule has 3 nitrogen and oxygen atoms in total. The molecular weight excluding hydrogens is 349 g/mol. The second-order valence-electron chi connectivity index (χ2n) is 4.13. The van der Waals surface area contributed by atoms with Crippen LogP contribution in [0.2, 0.25) is 5.15 Å². The first-order valence-electron chi connectivity index (χ1n) is 5.36. The van der Waals surface area contributed by atoms with Crippen LogP contribution >= 0.6 is 34.2 Å². The molecule has 1 fully saturated rings. The van der Waals surface area contributed by atoms with Gasteiger partial charge in [-0.2, -0.15) is 0 Å². The Morgan fingerprint density at radius 1 is 1.53 bits per heavy atom. The lowest BCUT2D eigenvalue weighted by Gasteiger charge is -2.03. The molecule has 1 aliphatic carbocycles. The lowest BCUT2D eigenvalue weighted by Crippen LogP contribution is -1.99. The third-order valence-electron chi connectivity index (χ3n) is 2.83. The Labute approximate surface area is 118 Å². The molecule has 0 N–H and O–H groups in total. The summed E-state index contributed by atoms with van der Waals surface area (Å²) >= 11 is 8.48. The van der Waals surface area contributed by atoms with Gasteiger partial charge in [0.25, 0.3) is 0 Å². The minimum absolute atomic E-state index is 0.419. The molecule has 0 saturated heterocycles. The molecule has 0 aliphatic heterocycles. The monoisotopic (exact) mass is 357 g/mol. The summed E-state index contributed by atoms with van der Waals surface area (Å²) in [5.41, 5.74) is 0.919. The second kappa shape index (κ2) is 4.14. The van der Waals surface area contributed by atoms with Gasteiger partial charge >= 0.3 is 0 Å². The molecular formula is C12H9ClIN3. The van der Waals surface area contributed by atoms with Gasteiger partial charge < -0.3 is 4.57 Å². The number of hydrogen-bond donors (Lipinski definition) is 0. The molecule has 0 bridgehead atoms. The van der Waals surface area contributed by atoms with E-state index in [9.17, 15) is 0 Å². The molecule has 86 valence electrons. The zero-order valence-electron chi connectivity index (χ0n) is 8.95. The SMILES string of the molecule is C#CCc1nc(Cl)c2c(I)cn(C3CC3)c2n1. The van der Waals surface area contributed by atoms with Gasteiger partial charge in [0.2, 0.25) is 0 Å². The van der Waals surface area contributed by atoms with Crippen LogP contribution < -0.4 is 0 Å². The molecule has 0 amide bonds. The molecule has 2 aromatic heterocycles. The fourth-order valence-corrected chi connectivity index (χ4v) is 3.15. The van der Waals surface area contributed by atoms with Gasteiger partial charge in [-0.3, -0.25) is 0 Å². The van der Waals surface area contributed by atoms with Gasteiger partial charge in [0, 0.05) is 15.8 Å². The van der Waals surface area contributed by atoms with Gasteiger partial charge in [0.15, 0.2) is 0 Å². The Balaban J connectivity index is 2.27. The van der Waals surface area contributed by atoms with Crippen molar-refractivity contribution in [1.82, 2.24) is 14.5 Å². The summed E-state index contributed by atoms with van der Waals surface area (Å²) < 4.78 is 3.30. The van der Waals surface area contributed by atoms with Crippen LogP contribution in [0, 0.1) is 15.9 Å². The molecule has 5 heteroatoms. The van der Waals surface area contributed by atoms with Crippen LogP contribution in [-0.2, 0) is 6.42 Å². The molecule has 1 aliphatic rings. The smallest absolute Gasteiger partial charge is 0.146 e. The fourth-order valence-electron chi connectivity index (χ4n) is 1.91. The van der Waals surface area contributed by atoms with E-state index in [4.69, 9.17) is 18.0 Å². The molecule has 0 unspecified atom stereocenters. The third kappa shape index (κ3) is 1.91. The van der Waals surface area contributed by atoms with Crippen LogP contribution in [0.25, 0.3) is 11.0 Å². The predicted molar refractivity (Wildman–Crippen MR) is 76.1 cm³/mol. The van der Waals surface area contributed by atoms with Crippen molar-refractivity contribution in [3.8, 4) is 12.3 Å². The largest absolute Gasteiger partial charge is 0.328 e. The van der Waals surface area contributed by atoms with Crippen LogP contribution in [0.3, 0.4) is 0 Å². The number of aromatic nitrogens is 3. The van der Waals surface area contributed by atoms with E-state index in [1.807, 2.05) is 0 Å². The number of terminal acetylenes is 1. The normalized spacial score (nSPS) is 15.1. The number of halogens is 2. The van der Waals surface area contributed by atoms with E-state index >= 15 is 0 Å². The van der Waals surface area contributed by atoms with Crippen LogP contribution in [-0.4, -0.2) is 14.5 Å². The Kier molecular flexibility index (Phi) is 2.75. The van der Waals surface area contributed by atoms with E-state index in [-0.39, 0.29) is 0 Å². The predicted octanol–water partition coefficient (Wildman–Crippen LogP) is 3.20. The molecule has 2 heterocycles. The van der Waals surface area contributed by atoms with Crippen LogP contribution in [0.5, 0.6) is 0 Å². The van der Waals surface area contributed by atoms with Crippen LogP contribution in [0.15, 0.2) is 6.20 Å². The fraction of sp³-hybridized carbons (Fsp3) is 0.333. The molecule has 17 heavy (non-hydrogen) atoms. The maximum absolute atomic E-state index is 6.20. The molecule has 0 spiro atoms. The van der Waals surface area contributed by atoms with Crippen molar-refractivity contribution in [3.63, 3.8) is 0 Å². The number of fused-ring (bicyclic) bond motifs is 1. The first-order valence-corrected chi connectivity index (χ1v) is 6.82. The summed E-state index contributed by atoms with van der Waals surface area (Å²) in [5.74, 6) is 3.18. The Hall–Kier alpha value is -0.800. The summed E-state index contributed by atoms with van der Waals surface area (Å²) in [5, 5.41) is 1.45. The maximum atomic E-state index is 6.20. The van der Waals surface area contributed by atoms with Crippen LogP contribution in [0.4, 0.5) is 0 Å². The molecule has 3 rings (SSSR count). The first-order chi connectivity index (χ1) is 8.20. The summed E-state index contributed by atoms with van der Waals surface area (Å²) in [4.78, 5) is 8.77. The summed E-state index contributed by atoms with van der Waals surface area (Å²) in [6, 6.07) is 0.575. The molecule has 0 atom stereocenters. The standard InChI is InChI=1S/C12H9ClIN3/c1-2-3-9-15-11(13)10-8(14)6-17(7-4-5-7)12(10)16-9/h1,6-7H,3-5H2. The topological polar surface area (TPSA) is 30.7 Å². The van der Waals surface area contributed by atoms with Crippen molar-refractivity contribution in [3.05, 3.63) is 20.7 Å². The zero-order valence-corrected chi connectivity index (χ0v) is 11.9. The van der Waals surface area contributed by atoms with Crippen molar-refractivity contribution in [1.29, 1.82) is 0 Å². The van der Waals surface area contributed by atoms with E-state index in [1.165, 1.54) is 12.8 Å². The highest BCUT2D eigenvalue weighted by Gasteiger charge is 2.27. The van der Waals surface area contributed by atoms with Gasteiger partial charge in [-0.25, -0.2) is 9.97 Å². The van der Waals surface area contributed by atoms with E-state index in [1.54, 1.807) is 0 Å². The highest BCUT2D eigenvalue weighted by Crippen LogP contribution is 2.39. The quantitative estimate of drug-likeness (QED) is 0.469. The van der Waals surface area contributed by atoms with Crippen LogP contribution in [0.1, 0.15) is 24.7 Å². The third-order valence-corrected chi connectivity index (χ3v) is 3.92. The lowest BCUT2D eigenvalue weighted by molar-refractivity contribution is 0.761. The number of rotatable bonds is 2. The van der Waals surface area contributed by atoms with E-state index in [0.717, 1.165) is 14.6 Å². The minimum atomic E-state index is 0.419. The molecule has 1 saturated carbocycles. The molecule has 2 aromatic rings. The van der Waals surface area contributed by atoms with Gasteiger partial charge in [-0.05, 0) is 35.4 Å². The van der Waals surface area contributed by atoms with Crippen molar-refractivity contribution >= 4 is 45.2 Å². The Bertz CT molecular complexity index is 637. The summed E-state index contributed by atoms with van der Waals surface area (Å²) in [6.07, 6.45) is 10.2. The van der Waals surface area contributed by atoms with E-state index < -0.39 is 0 Å². The van der Waals surface area contributed by atoms with Gasteiger partial charge in [0.1, 0.15) is 16.6 Å². The average molecular weight is 358 g/mol. The minimum Gasteiger partial charge on any atom is -0.328 e. The van der Waals surface area contributed by atoms with Gasteiger partial charge in [-0.15, -0.1) is 6.42 Å². The van der Waals surface area contributed by atoms with Crippen molar-refractivity contribution < 1.29 is 0 Å². The highest BCUT2D eigenvalue weighted by molar-refractivity contribution is 14.1.